The van der Waals surface area contributed by atoms with Crippen LogP contribution >= 0.6 is 0 Å². The zero-order chi connectivity index (χ0) is 13.8. The molecule has 7 heteroatoms. The van der Waals surface area contributed by atoms with Crippen molar-refractivity contribution in [2.75, 3.05) is 43.1 Å². The number of hydrogen-bond donors (Lipinski definition) is 1. The lowest BCUT2D eigenvalue weighted by Crippen LogP contribution is -2.39. The summed E-state index contributed by atoms with van der Waals surface area (Å²) in [4.78, 5) is 15.4. The number of ether oxygens (including phenoxy) is 2. The highest BCUT2D eigenvalue weighted by atomic mass is 16.6. The van der Waals surface area contributed by atoms with E-state index in [2.05, 4.69) is 32.1 Å². The molecule has 110 valence electrons. The van der Waals surface area contributed by atoms with E-state index in [1.54, 1.807) is 0 Å². The van der Waals surface area contributed by atoms with Crippen molar-refractivity contribution in [1.82, 2.24) is 15.0 Å². The topological polar surface area (TPSA) is 72.4 Å². The van der Waals surface area contributed by atoms with Gasteiger partial charge in [0.05, 0.1) is 13.2 Å². The highest BCUT2D eigenvalue weighted by Crippen LogP contribution is 2.20. The van der Waals surface area contributed by atoms with Gasteiger partial charge in [0.15, 0.2) is 0 Å². The van der Waals surface area contributed by atoms with Crippen LogP contribution in [0.5, 0.6) is 6.01 Å². The Bertz CT molecular complexity index is 446. The van der Waals surface area contributed by atoms with Gasteiger partial charge in [-0.1, -0.05) is 6.92 Å². The molecule has 0 saturated carbocycles. The van der Waals surface area contributed by atoms with Gasteiger partial charge >= 0.3 is 6.01 Å². The van der Waals surface area contributed by atoms with E-state index in [1.807, 2.05) is 0 Å². The van der Waals surface area contributed by atoms with Gasteiger partial charge in [0.1, 0.15) is 6.10 Å². The summed E-state index contributed by atoms with van der Waals surface area (Å²) < 4.78 is 10.8. The van der Waals surface area contributed by atoms with Gasteiger partial charge in [-0.25, -0.2) is 0 Å². The summed E-state index contributed by atoms with van der Waals surface area (Å²) in [6.45, 7) is 6.19. The molecule has 1 aromatic rings. The fourth-order valence-electron chi connectivity index (χ4n) is 2.20. The Hall–Kier alpha value is -1.63. The van der Waals surface area contributed by atoms with Gasteiger partial charge in [0.25, 0.3) is 0 Å². The van der Waals surface area contributed by atoms with E-state index in [4.69, 9.17) is 9.47 Å². The van der Waals surface area contributed by atoms with Crippen molar-refractivity contribution in [1.29, 1.82) is 0 Å². The van der Waals surface area contributed by atoms with Crippen molar-refractivity contribution in [3.63, 3.8) is 0 Å². The smallest absolute Gasteiger partial charge is 0.323 e. The second kappa shape index (κ2) is 6.21. The van der Waals surface area contributed by atoms with Gasteiger partial charge in [0.2, 0.25) is 11.9 Å². The summed E-state index contributed by atoms with van der Waals surface area (Å²) in [5, 5.41) is 3.21. The molecule has 1 N–H and O–H groups in total. The lowest BCUT2D eigenvalue weighted by molar-refractivity contribution is -0.0831. The van der Waals surface area contributed by atoms with Crippen molar-refractivity contribution >= 4 is 11.9 Å². The molecule has 20 heavy (non-hydrogen) atoms. The number of nitrogens with one attached hydrogen (secondary N) is 1. The maximum Gasteiger partial charge on any atom is 0.323 e. The molecule has 0 spiro atoms. The largest absolute Gasteiger partial charge is 0.455 e. The Morgan fingerprint density at radius 1 is 1.25 bits per heavy atom. The lowest BCUT2D eigenvalue weighted by atomic mass is 10.3. The van der Waals surface area contributed by atoms with Crippen LogP contribution in [0.3, 0.4) is 0 Å². The quantitative estimate of drug-likeness (QED) is 0.835. The van der Waals surface area contributed by atoms with Crippen LogP contribution in [0.4, 0.5) is 11.9 Å². The molecule has 2 saturated heterocycles. The average molecular weight is 279 g/mol. The first-order valence-corrected chi connectivity index (χ1v) is 7.34. The summed E-state index contributed by atoms with van der Waals surface area (Å²) in [5.41, 5.74) is 0. The molecule has 2 aliphatic rings. The molecule has 3 rings (SSSR count). The third-order valence-corrected chi connectivity index (χ3v) is 3.40. The Morgan fingerprint density at radius 3 is 2.70 bits per heavy atom. The predicted molar refractivity (Wildman–Crippen MR) is 75.3 cm³/mol. The highest BCUT2D eigenvalue weighted by Gasteiger charge is 2.23. The SMILES string of the molecule is CCCNc1nc(OC2COC2)nc(N2CCCC2)n1. The van der Waals surface area contributed by atoms with Crippen molar-refractivity contribution in [2.24, 2.45) is 0 Å². The van der Waals surface area contributed by atoms with Gasteiger partial charge < -0.3 is 19.7 Å². The first-order valence-electron chi connectivity index (χ1n) is 7.34. The van der Waals surface area contributed by atoms with Crippen LogP contribution in [0.15, 0.2) is 0 Å². The Morgan fingerprint density at radius 2 is 2.05 bits per heavy atom. The van der Waals surface area contributed by atoms with E-state index in [0.29, 0.717) is 31.1 Å². The van der Waals surface area contributed by atoms with Crippen LogP contribution in [-0.2, 0) is 4.74 Å². The standard InChI is InChI=1S/C13H21N5O2/c1-2-5-14-11-15-12(18-6-3-4-7-18)17-13(16-11)20-10-8-19-9-10/h10H,2-9H2,1H3,(H,14,15,16,17). The summed E-state index contributed by atoms with van der Waals surface area (Å²) in [5.74, 6) is 1.31. The van der Waals surface area contributed by atoms with Gasteiger partial charge in [-0.2, -0.15) is 15.0 Å². The van der Waals surface area contributed by atoms with Crippen LogP contribution in [0.2, 0.25) is 0 Å². The highest BCUT2D eigenvalue weighted by molar-refractivity contribution is 5.39. The monoisotopic (exact) mass is 279 g/mol. The van der Waals surface area contributed by atoms with E-state index in [0.717, 1.165) is 26.1 Å². The maximum absolute atomic E-state index is 5.72. The van der Waals surface area contributed by atoms with Crippen molar-refractivity contribution in [2.45, 2.75) is 32.3 Å². The molecule has 1 aromatic heterocycles. The fraction of sp³-hybridized carbons (Fsp3) is 0.769. The summed E-state index contributed by atoms with van der Waals surface area (Å²) in [6.07, 6.45) is 3.48. The molecule has 0 amide bonds. The van der Waals surface area contributed by atoms with E-state index >= 15 is 0 Å². The molecule has 3 heterocycles. The molecule has 0 aromatic carbocycles. The van der Waals surface area contributed by atoms with Gasteiger partial charge in [-0.15, -0.1) is 0 Å². The summed E-state index contributed by atoms with van der Waals surface area (Å²) >= 11 is 0. The lowest BCUT2D eigenvalue weighted by Gasteiger charge is -2.26. The molecular weight excluding hydrogens is 258 g/mol. The van der Waals surface area contributed by atoms with E-state index in [9.17, 15) is 0 Å². The minimum absolute atomic E-state index is 0.0721. The Kier molecular flexibility index (Phi) is 4.15. The molecule has 0 aliphatic carbocycles. The summed E-state index contributed by atoms with van der Waals surface area (Å²) in [7, 11) is 0. The predicted octanol–water partition coefficient (Wildman–Crippen LogP) is 1.07. The first-order chi connectivity index (χ1) is 9.85. The van der Waals surface area contributed by atoms with Crippen LogP contribution in [0.1, 0.15) is 26.2 Å². The molecule has 7 nitrogen and oxygen atoms in total. The molecule has 2 aliphatic heterocycles. The van der Waals surface area contributed by atoms with Gasteiger partial charge in [-0.05, 0) is 19.3 Å². The number of anilines is 2. The zero-order valence-electron chi connectivity index (χ0n) is 11.8. The Labute approximate surface area is 118 Å². The van der Waals surface area contributed by atoms with E-state index < -0.39 is 0 Å². The average Bonchev–Trinajstić information content (AvgIpc) is 2.94. The third-order valence-electron chi connectivity index (χ3n) is 3.40. The number of rotatable bonds is 6. The number of aromatic nitrogens is 3. The van der Waals surface area contributed by atoms with Crippen LogP contribution in [-0.4, -0.2) is 53.9 Å². The Balaban J connectivity index is 1.77. The van der Waals surface area contributed by atoms with Crippen LogP contribution < -0.4 is 15.0 Å². The van der Waals surface area contributed by atoms with Crippen molar-refractivity contribution < 1.29 is 9.47 Å². The fourth-order valence-corrected chi connectivity index (χ4v) is 2.20. The first kappa shape index (κ1) is 13.4. The number of nitrogens with zero attached hydrogens (tertiary/aromatic N) is 4. The zero-order valence-corrected chi connectivity index (χ0v) is 11.8. The minimum Gasteiger partial charge on any atom is -0.455 e. The second-order valence-corrected chi connectivity index (χ2v) is 5.14. The van der Waals surface area contributed by atoms with Crippen LogP contribution in [0, 0.1) is 0 Å². The summed E-state index contributed by atoms with van der Waals surface area (Å²) in [6, 6.07) is 0.397. The van der Waals surface area contributed by atoms with Crippen molar-refractivity contribution in [3.05, 3.63) is 0 Å². The maximum atomic E-state index is 5.72. The number of hydrogen-bond acceptors (Lipinski definition) is 7. The van der Waals surface area contributed by atoms with Crippen molar-refractivity contribution in [3.8, 4) is 6.01 Å². The van der Waals surface area contributed by atoms with Crippen LogP contribution in [0.25, 0.3) is 0 Å². The molecule has 2 fully saturated rings. The molecule has 0 unspecified atom stereocenters. The second-order valence-electron chi connectivity index (χ2n) is 5.14. The molecule has 0 bridgehead atoms. The van der Waals surface area contributed by atoms with E-state index in [-0.39, 0.29) is 6.10 Å². The van der Waals surface area contributed by atoms with Gasteiger partial charge in [-0.3, -0.25) is 0 Å². The molecular formula is C13H21N5O2. The molecule has 0 radical (unpaired) electrons. The normalized spacial score (nSPS) is 18.9. The van der Waals surface area contributed by atoms with Gasteiger partial charge in [0, 0.05) is 19.6 Å². The third kappa shape index (κ3) is 3.09. The molecule has 0 atom stereocenters. The van der Waals surface area contributed by atoms with E-state index in [1.165, 1.54) is 12.8 Å². The minimum atomic E-state index is 0.0721.